The number of carbonyl (C=O) groups excluding carboxylic acids is 3. The molecule has 1 N–H and O–H groups in total. The van der Waals surface area contributed by atoms with Crippen LogP contribution in [0.15, 0.2) is 65.4 Å². The van der Waals surface area contributed by atoms with Gasteiger partial charge in [-0.2, -0.15) is 0 Å². The Labute approximate surface area is 196 Å². The molecule has 8 nitrogen and oxygen atoms in total. The molecule has 2 aliphatic rings. The van der Waals surface area contributed by atoms with Crippen molar-refractivity contribution in [1.29, 1.82) is 0 Å². The van der Waals surface area contributed by atoms with Gasteiger partial charge < -0.3 is 23.9 Å². The lowest BCUT2D eigenvalue weighted by molar-refractivity contribution is -0.139. The molecule has 3 aromatic rings. The molecule has 1 saturated heterocycles. The standard InChI is InChI=1S/C26H25N3O5/c1-33-21-10-9-18(20-8-5-15-34-20)23-22(21)19(16-27-23)24(30)26(32)29-13-11-28(12-14-29)25(31)17-6-3-2-4-7-17/h2-6,8-10,15-17,27H,7,11-14H2,1H3. The molecule has 5 rings (SSSR count). The first-order chi connectivity index (χ1) is 16.6. The summed E-state index contributed by atoms with van der Waals surface area (Å²) in [5.41, 5.74) is 1.68. The summed E-state index contributed by atoms with van der Waals surface area (Å²) in [6, 6.07) is 7.22. The minimum Gasteiger partial charge on any atom is -0.496 e. The minimum atomic E-state index is -0.610. The lowest BCUT2D eigenvalue weighted by Gasteiger charge is -2.35. The van der Waals surface area contributed by atoms with Crippen LogP contribution in [0.4, 0.5) is 0 Å². The third kappa shape index (κ3) is 3.81. The Bertz CT molecular complexity index is 1290. The van der Waals surface area contributed by atoms with Gasteiger partial charge in [-0.3, -0.25) is 14.4 Å². The molecule has 1 aromatic carbocycles. The van der Waals surface area contributed by atoms with Gasteiger partial charge in [0.1, 0.15) is 11.5 Å². The van der Waals surface area contributed by atoms with E-state index in [2.05, 4.69) is 4.98 Å². The number of nitrogens with zero attached hydrogens (tertiary/aromatic N) is 2. The van der Waals surface area contributed by atoms with E-state index in [4.69, 9.17) is 9.15 Å². The number of ketones is 1. The normalized spacial score (nSPS) is 17.9. The molecule has 1 fully saturated rings. The highest BCUT2D eigenvalue weighted by Crippen LogP contribution is 2.36. The number of ether oxygens (including phenoxy) is 1. The Kier molecular flexibility index (Phi) is 5.79. The molecule has 3 heterocycles. The van der Waals surface area contributed by atoms with E-state index in [-0.39, 0.29) is 17.4 Å². The number of furan rings is 1. The first-order valence-corrected chi connectivity index (χ1v) is 11.3. The summed E-state index contributed by atoms with van der Waals surface area (Å²) in [4.78, 5) is 45.5. The van der Waals surface area contributed by atoms with Crippen molar-refractivity contribution in [2.75, 3.05) is 33.3 Å². The summed E-state index contributed by atoms with van der Waals surface area (Å²) in [5.74, 6) is -0.154. The van der Waals surface area contributed by atoms with E-state index in [1.165, 1.54) is 12.0 Å². The van der Waals surface area contributed by atoms with Gasteiger partial charge in [0.25, 0.3) is 11.7 Å². The van der Waals surface area contributed by atoms with Crippen LogP contribution in [0, 0.1) is 5.92 Å². The Morgan fingerprint density at radius 1 is 1.06 bits per heavy atom. The summed E-state index contributed by atoms with van der Waals surface area (Å²) in [7, 11) is 1.53. The summed E-state index contributed by atoms with van der Waals surface area (Å²) in [5, 5.41) is 0.542. The van der Waals surface area contributed by atoms with Crippen molar-refractivity contribution >= 4 is 28.5 Å². The van der Waals surface area contributed by atoms with E-state index < -0.39 is 11.7 Å². The van der Waals surface area contributed by atoms with Gasteiger partial charge in [-0.25, -0.2) is 0 Å². The van der Waals surface area contributed by atoms with Crippen molar-refractivity contribution in [3.05, 3.63) is 66.6 Å². The smallest absolute Gasteiger partial charge is 0.295 e. The van der Waals surface area contributed by atoms with Crippen LogP contribution < -0.4 is 4.74 Å². The van der Waals surface area contributed by atoms with Crippen LogP contribution in [0.2, 0.25) is 0 Å². The van der Waals surface area contributed by atoms with E-state index >= 15 is 0 Å². The molecule has 0 bridgehead atoms. The monoisotopic (exact) mass is 459 g/mol. The van der Waals surface area contributed by atoms with Gasteiger partial charge in [0, 0.05) is 37.9 Å². The van der Waals surface area contributed by atoms with E-state index in [1.54, 1.807) is 29.5 Å². The zero-order valence-corrected chi connectivity index (χ0v) is 18.8. The molecular formula is C26H25N3O5. The number of benzene rings is 1. The first-order valence-electron chi connectivity index (χ1n) is 11.3. The van der Waals surface area contributed by atoms with Crippen LogP contribution in [0.5, 0.6) is 5.75 Å². The number of amides is 2. The number of allylic oxidation sites excluding steroid dienone is 3. The van der Waals surface area contributed by atoms with Crippen LogP contribution >= 0.6 is 0 Å². The molecule has 34 heavy (non-hydrogen) atoms. The zero-order valence-electron chi connectivity index (χ0n) is 18.8. The molecule has 1 aliphatic heterocycles. The Balaban J connectivity index is 1.34. The highest BCUT2D eigenvalue weighted by molar-refractivity contribution is 6.45. The summed E-state index contributed by atoms with van der Waals surface area (Å²) < 4.78 is 11.0. The van der Waals surface area contributed by atoms with Crippen LogP contribution in [-0.2, 0) is 9.59 Å². The predicted molar refractivity (Wildman–Crippen MR) is 126 cm³/mol. The van der Waals surface area contributed by atoms with Crippen LogP contribution in [0.1, 0.15) is 16.8 Å². The average Bonchev–Trinajstić information content (AvgIpc) is 3.58. The fourth-order valence-electron chi connectivity index (χ4n) is 4.59. The van der Waals surface area contributed by atoms with Crippen molar-refractivity contribution in [3.8, 4) is 17.1 Å². The molecule has 0 saturated carbocycles. The molecule has 1 aliphatic carbocycles. The topological polar surface area (TPSA) is 95.8 Å². The molecular weight excluding hydrogens is 434 g/mol. The van der Waals surface area contributed by atoms with Crippen molar-refractivity contribution < 1.29 is 23.5 Å². The number of hydrogen-bond donors (Lipinski definition) is 1. The first kappa shape index (κ1) is 21.8. The minimum absolute atomic E-state index is 0.0610. The van der Waals surface area contributed by atoms with Crippen molar-refractivity contribution in [2.45, 2.75) is 6.42 Å². The molecule has 8 heteroatoms. The fraction of sp³-hybridized carbons (Fsp3) is 0.269. The number of H-pyrrole nitrogens is 1. The number of fused-ring (bicyclic) bond motifs is 1. The molecule has 2 aromatic heterocycles. The van der Waals surface area contributed by atoms with Gasteiger partial charge in [0.2, 0.25) is 5.91 Å². The Morgan fingerprint density at radius 3 is 2.53 bits per heavy atom. The Hall–Kier alpha value is -4.07. The van der Waals surface area contributed by atoms with Gasteiger partial charge in [-0.15, -0.1) is 0 Å². The highest BCUT2D eigenvalue weighted by Gasteiger charge is 2.32. The number of nitrogens with one attached hydrogen (secondary N) is 1. The van der Waals surface area contributed by atoms with E-state index in [1.807, 2.05) is 36.4 Å². The zero-order chi connectivity index (χ0) is 23.7. The second kappa shape index (κ2) is 9.05. The van der Waals surface area contributed by atoms with Crippen LogP contribution in [0.25, 0.3) is 22.2 Å². The van der Waals surface area contributed by atoms with Crippen LogP contribution in [-0.4, -0.2) is 65.7 Å². The van der Waals surface area contributed by atoms with Gasteiger partial charge in [0.15, 0.2) is 0 Å². The number of carbonyl (C=O) groups is 3. The number of hydrogen-bond acceptors (Lipinski definition) is 5. The van der Waals surface area contributed by atoms with Gasteiger partial charge >= 0.3 is 0 Å². The molecule has 174 valence electrons. The van der Waals surface area contributed by atoms with Crippen molar-refractivity contribution in [1.82, 2.24) is 14.8 Å². The maximum absolute atomic E-state index is 13.3. The molecule has 1 atom stereocenters. The maximum Gasteiger partial charge on any atom is 0.295 e. The third-order valence-electron chi connectivity index (χ3n) is 6.42. The number of rotatable bonds is 5. The lowest BCUT2D eigenvalue weighted by atomic mass is 9.99. The largest absolute Gasteiger partial charge is 0.496 e. The van der Waals surface area contributed by atoms with Crippen molar-refractivity contribution in [3.63, 3.8) is 0 Å². The van der Waals surface area contributed by atoms with Gasteiger partial charge in [0.05, 0.1) is 35.8 Å². The molecule has 2 amide bonds. The van der Waals surface area contributed by atoms with E-state index in [9.17, 15) is 14.4 Å². The van der Waals surface area contributed by atoms with Gasteiger partial charge in [-0.05, 0) is 30.7 Å². The summed E-state index contributed by atoms with van der Waals surface area (Å²) in [6.07, 6.45) is 11.5. The number of piperazine rings is 1. The number of methoxy groups -OCH3 is 1. The molecule has 1 unspecified atom stereocenters. The predicted octanol–water partition coefficient (Wildman–Crippen LogP) is 3.42. The third-order valence-corrected chi connectivity index (χ3v) is 6.42. The van der Waals surface area contributed by atoms with Crippen LogP contribution in [0.3, 0.4) is 0 Å². The Morgan fingerprint density at radius 2 is 1.85 bits per heavy atom. The fourth-order valence-corrected chi connectivity index (χ4v) is 4.59. The maximum atomic E-state index is 13.3. The number of aromatic nitrogens is 1. The van der Waals surface area contributed by atoms with Gasteiger partial charge in [-0.1, -0.05) is 24.3 Å². The second-order valence-electron chi connectivity index (χ2n) is 8.35. The molecule has 0 radical (unpaired) electrons. The number of Topliss-reactive ketones (excluding diaryl/α,β-unsaturated/α-hetero) is 1. The van der Waals surface area contributed by atoms with Crippen molar-refractivity contribution in [2.24, 2.45) is 5.92 Å². The quantitative estimate of drug-likeness (QED) is 0.466. The summed E-state index contributed by atoms with van der Waals surface area (Å²) in [6.45, 7) is 1.46. The highest BCUT2D eigenvalue weighted by atomic mass is 16.5. The molecule has 0 spiro atoms. The van der Waals surface area contributed by atoms with E-state index in [0.717, 1.165) is 5.56 Å². The average molecular weight is 460 g/mol. The SMILES string of the molecule is COc1ccc(-c2ccco2)c2[nH]cc(C(=O)C(=O)N3CCN(C(=O)C4C=CC=CC4)CC3)c12. The lowest BCUT2D eigenvalue weighted by Crippen LogP contribution is -2.53. The number of aromatic amines is 1. The van der Waals surface area contributed by atoms with E-state index in [0.29, 0.717) is 55.0 Å². The second-order valence-corrected chi connectivity index (χ2v) is 8.35. The summed E-state index contributed by atoms with van der Waals surface area (Å²) >= 11 is 0.